The molecule has 3 heteroatoms. The van der Waals surface area contributed by atoms with Gasteiger partial charge in [-0.3, -0.25) is 0 Å². The monoisotopic (exact) mass is 484 g/mol. The zero-order chi connectivity index (χ0) is 10.8. The third kappa shape index (κ3) is 2.74. The third-order valence-electron chi connectivity index (χ3n) is 2.10. The molecule has 0 amide bonds. The van der Waals surface area contributed by atoms with Gasteiger partial charge < -0.3 is 0 Å². The van der Waals surface area contributed by atoms with Crippen molar-refractivity contribution in [1.29, 1.82) is 0 Å². The van der Waals surface area contributed by atoms with Crippen LogP contribution in [0.25, 0.3) is 11.1 Å². The van der Waals surface area contributed by atoms with Gasteiger partial charge in [-0.25, -0.2) is 0 Å². The molecular weight excluding hydrogens is 478 g/mol. The molecule has 15 heavy (non-hydrogen) atoms. The van der Waals surface area contributed by atoms with E-state index in [0.29, 0.717) is 0 Å². The fourth-order valence-corrected chi connectivity index (χ4v) is 3.79. The average molecular weight is 485 g/mol. The van der Waals surface area contributed by atoms with Crippen molar-refractivity contribution in [3.05, 3.63) is 54.1 Å². The molecule has 0 aliphatic heterocycles. The number of hydrogen-bond acceptors (Lipinski definition) is 0. The largest absolute Gasteiger partial charge is 0.0601 e. The molecule has 0 saturated heterocycles. The van der Waals surface area contributed by atoms with Crippen LogP contribution >= 0.6 is 61.1 Å². The van der Waals surface area contributed by atoms with Crippen molar-refractivity contribution in [3.8, 4) is 11.1 Å². The smallest absolute Gasteiger partial charge is 0.0219 e. The van der Waals surface area contributed by atoms with Crippen LogP contribution in [0.1, 0.15) is 0 Å². The van der Waals surface area contributed by atoms with Crippen molar-refractivity contribution in [3.63, 3.8) is 0 Å². The van der Waals surface area contributed by atoms with Gasteiger partial charge in [-0.2, -0.15) is 0 Å². The molecule has 0 nitrogen and oxygen atoms in total. The molecule has 0 atom stereocenters. The second kappa shape index (κ2) is 5.14. The van der Waals surface area contributed by atoms with Crippen LogP contribution in [0.5, 0.6) is 0 Å². The summed E-state index contributed by atoms with van der Waals surface area (Å²) >= 11 is 8.21. The molecule has 0 aromatic heterocycles. The van der Waals surface area contributed by atoms with Crippen LogP contribution in [0.2, 0.25) is 0 Å². The van der Waals surface area contributed by atoms with Gasteiger partial charge in [0.05, 0.1) is 0 Å². The van der Waals surface area contributed by atoms with Gasteiger partial charge in [0, 0.05) is 17.2 Å². The Bertz CT molecular complexity index is 457. The summed E-state index contributed by atoms with van der Waals surface area (Å²) < 4.78 is 3.70. The fraction of sp³-hybridized carbons (Fsp3) is 0. The van der Waals surface area contributed by atoms with E-state index in [-0.39, 0.29) is 0 Å². The highest BCUT2D eigenvalue weighted by molar-refractivity contribution is 14.1. The van der Waals surface area contributed by atoms with E-state index in [1.54, 1.807) is 0 Å². The highest BCUT2D eigenvalue weighted by Gasteiger charge is 2.06. The van der Waals surface area contributed by atoms with Crippen molar-refractivity contribution in [1.82, 2.24) is 0 Å². The Kier molecular flexibility index (Phi) is 4.06. The summed E-state index contributed by atoms with van der Waals surface area (Å²) in [6.45, 7) is 0. The van der Waals surface area contributed by atoms with Crippen molar-refractivity contribution in [2.75, 3.05) is 0 Å². The lowest BCUT2D eigenvalue weighted by molar-refractivity contribution is 1.53. The topological polar surface area (TPSA) is 0 Å². The van der Waals surface area contributed by atoms with Crippen LogP contribution in [0.4, 0.5) is 0 Å². The van der Waals surface area contributed by atoms with Crippen molar-refractivity contribution in [2.24, 2.45) is 0 Å². The predicted octanol–water partition coefficient (Wildman–Crippen LogP) is 5.33. The Balaban J connectivity index is 2.58. The van der Waals surface area contributed by atoms with E-state index in [0.717, 1.165) is 4.47 Å². The maximum atomic E-state index is 3.45. The van der Waals surface area contributed by atoms with Gasteiger partial charge in [0.25, 0.3) is 0 Å². The van der Waals surface area contributed by atoms with E-state index in [9.17, 15) is 0 Å². The van der Waals surface area contributed by atoms with Gasteiger partial charge in [0.1, 0.15) is 0 Å². The molecule has 0 aliphatic carbocycles. The number of benzene rings is 2. The van der Waals surface area contributed by atoms with Crippen LogP contribution in [0.15, 0.2) is 46.9 Å². The molecule has 0 unspecified atom stereocenters. The van der Waals surface area contributed by atoms with E-state index in [4.69, 9.17) is 0 Å². The van der Waals surface area contributed by atoms with E-state index >= 15 is 0 Å². The molecule has 0 N–H and O–H groups in total. The van der Waals surface area contributed by atoms with Gasteiger partial charge in [-0.05, 0) is 75.0 Å². The Labute approximate surface area is 125 Å². The lowest BCUT2D eigenvalue weighted by Crippen LogP contribution is -1.86. The van der Waals surface area contributed by atoms with E-state index < -0.39 is 0 Å². The maximum absolute atomic E-state index is 3.45. The first kappa shape index (κ1) is 11.9. The number of hydrogen-bond donors (Lipinski definition) is 0. The van der Waals surface area contributed by atoms with Gasteiger partial charge in [0.15, 0.2) is 0 Å². The Morgan fingerprint density at radius 2 is 1.33 bits per heavy atom. The molecule has 0 bridgehead atoms. The summed E-state index contributed by atoms with van der Waals surface area (Å²) in [5.41, 5.74) is 2.60. The van der Waals surface area contributed by atoms with Gasteiger partial charge in [0.2, 0.25) is 0 Å². The maximum Gasteiger partial charge on any atom is 0.0219 e. The van der Waals surface area contributed by atoms with E-state index in [1.807, 2.05) is 0 Å². The summed E-state index contributed by atoms with van der Waals surface area (Å²) in [4.78, 5) is 0. The van der Waals surface area contributed by atoms with E-state index in [1.165, 1.54) is 18.3 Å². The second-order valence-electron chi connectivity index (χ2n) is 3.10. The minimum absolute atomic E-state index is 1.12. The van der Waals surface area contributed by atoms with Crippen LogP contribution < -0.4 is 0 Å². The van der Waals surface area contributed by atoms with Gasteiger partial charge >= 0.3 is 0 Å². The zero-order valence-corrected chi connectivity index (χ0v) is 13.6. The third-order valence-corrected chi connectivity index (χ3v) is 4.42. The van der Waals surface area contributed by atoms with Crippen LogP contribution in [-0.4, -0.2) is 0 Å². The minimum Gasteiger partial charge on any atom is -0.0601 e. The lowest BCUT2D eigenvalue weighted by atomic mass is 10.1. The second-order valence-corrected chi connectivity index (χ2v) is 6.34. The molecule has 0 heterocycles. The first-order valence-electron chi connectivity index (χ1n) is 4.38. The molecule has 2 aromatic rings. The summed E-state index contributed by atoms with van der Waals surface area (Å²) in [6, 6.07) is 14.8. The molecule has 0 fully saturated rings. The van der Waals surface area contributed by atoms with Crippen molar-refractivity contribution in [2.45, 2.75) is 0 Å². The fourth-order valence-electron chi connectivity index (χ4n) is 1.39. The van der Waals surface area contributed by atoms with Crippen molar-refractivity contribution >= 4 is 61.1 Å². The quantitative estimate of drug-likeness (QED) is 0.480. The first-order valence-corrected chi connectivity index (χ1v) is 7.33. The summed E-state index contributed by atoms with van der Waals surface area (Å²) in [7, 11) is 0. The molecular formula is C12H7BrI2. The Morgan fingerprint density at radius 1 is 0.800 bits per heavy atom. The molecule has 0 aliphatic rings. The lowest BCUT2D eigenvalue weighted by Gasteiger charge is -2.07. The average Bonchev–Trinajstić information content (AvgIpc) is 2.20. The normalized spacial score (nSPS) is 10.3. The van der Waals surface area contributed by atoms with Gasteiger partial charge in [-0.15, -0.1) is 0 Å². The van der Waals surface area contributed by atoms with Crippen LogP contribution in [0.3, 0.4) is 0 Å². The standard InChI is InChI=1S/C12H7BrI2/c13-9-6-4-8(5-7-9)12-10(14)2-1-3-11(12)15/h1-7H. The highest BCUT2D eigenvalue weighted by Crippen LogP contribution is 2.30. The molecule has 0 spiro atoms. The molecule has 76 valence electrons. The predicted molar refractivity (Wildman–Crippen MR) is 85.0 cm³/mol. The summed E-state index contributed by atoms with van der Waals surface area (Å²) in [5, 5.41) is 0. The number of rotatable bonds is 1. The summed E-state index contributed by atoms with van der Waals surface area (Å²) in [6.07, 6.45) is 0. The van der Waals surface area contributed by atoms with E-state index in [2.05, 4.69) is 104 Å². The van der Waals surface area contributed by atoms with Gasteiger partial charge in [-0.1, -0.05) is 34.1 Å². The molecule has 0 radical (unpaired) electrons. The Hall–Kier alpha value is 0.380. The van der Waals surface area contributed by atoms with Crippen LogP contribution in [0, 0.1) is 7.14 Å². The first-order chi connectivity index (χ1) is 7.18. The van der Waals surface area contributed by atoms with Crippen LogP contribution in [-0.2, 0) is 0 Å². The number of halogens is 3. The molecule has 0 saturated carbocycles. The highest BCUT2D eigenvalue weighted by atomic mass is 127. The molecule has 2 rings (SSSR count). The minimum atomic E-state index is 1.12. The zero-order valence-electron chi connectivity index (χ0n) is 7.68. The Morgan fingerprint density at radius 3 is 1.87 bits per heavy atom. The molecule has 2 aromatic carbocycles. The summed E-state index contributed by atoms with van der Waals surface area (Å²) in [5.74, 6) is 0. The van der Waals surface area contributed by atoms with Crippen molar-refractivity contribution < 1.29 is 0 Å². The SMILES string of the molecule is Brc1ccc(-c2c(I)cccc2I)cc1.